The molecule has 1 fully saturated rings. The maximum absolute atomic E-state index is 11.8. The first kappa shape index (κ1) is 19.5. The molecule has 1 aromatic heterocycles. The molecule has 0 atom stereocenters. The molecule has 0 bridgehead atoms. The molecule has 3 rings (SSSR count). The molecule has 6 nitrogen and oxygen atoms in total. The largest absolute Gasteiger partial charge is 0.452 e. The molecule has 0 saturated heterocycles. The average Bonchev–Trinajstić information content (AvgIpc) is 3.40. The van der Waals surface area contributed by atoms with E-state index in [2.05, 4.69) is 10.4 Å². The van der Waals surface area contributed by atoms with Crippen LogP contribution in [0.15, 0.2) is 30.3 Å². The summed E-state index contributed by atoms with van der Waals surface area (Å²) in [4.78, 5) is 23.3. The van der Waals surface area contributed by atoms with Crippen molar-refractivity contribution in [3.05, 3.63) is 57.3 Å². The van der Waals surface area contributed by atoms with Crippen LogP contribution in [0.25, 0.3) is 6.08 Å². The first-order valence-electron chi connectivity index (χ1n) is 8.54. The van der Waals surface area contributed by atoms with E-state index in [9.17, 15) is 9.59 Å². The summed E-state index contributed by atoms with van der Waals surface area (Å²) in [6.45, 7) is 2.00. The van der Waals surface area contributed by atoms with E-state index in [-0.39, 0.29) is 18.6 Å². The second kappa shape index (κ2) is 8.59. The lowest BCUT2D eigenvalue weighted by atomic mass is 10.2. The number of amides is 1. The number of halogens is 2. The van der Waals surface area contributed by atoms with Gasteiger partial charge in [0.2, 0.25) is 0 Å². The molecule has 8 heteroatoms. The van der Waals surface area contributed by atoms with Crippen molar-refractivity contribution in [3.8, 4) is 0 Å². The number of esters is 1. The topological polar surface area (TPSA) is 73.2 Å². The minimum absolute atomic E-state index is 0.236. The van der Waals surface area contributed by atoms with E-state index in [1.54, 1.807) is 29.8 Å². The number of rotatable bonds is 7. The Labute approximate surface area is 167 Å². The van der Waals surface area contributed by atoms with Gasteiger partial charge in [0.05, 0.1) is 12.2 Å². The number of carbonyl (C=O) groups is 2. The molecule has 1 heterocycles. The maximum atomic E-state index is 11.8. The standard InChI is InChI=1S/C19H19Cl2N3O3/c1-12-16(8-9-18(26)27-11-17(25)22-15-6-7-15)19(21)24(23-12)10-13-2-4-14(20)5-3-13/h2-5,8-9,15H,6-7,10-11H2,1H3,(H,22,25)/b9-8+. The monoisotopic (exact) mass is 407 g/mol. The average molecular weight is 408 g/mol. The number of carbonyl (C=O) groups excluding carboxylic acids is 2. The van der Waals surface area contributed by atoms with Gasteiger partial charge in [0.15, 0.2) is 6.61 Å². The molecule has 142 valence electrons. The number of nitrogens with zero attached hydrogens (tertiary/aromatic N) is 2. The van der Waals surface area contributed by atoms with Crippen molar-refractivity contribution in [2.75, 3.05) is 6.61 Å². The van der Waals surface area contributed by atoms with E-state index in [0.717, 1.165) is 18.4 Å². The fourth-order valence-corrected chi connectivity index (χ4v) is 2.88. The molecule has 27 heavy (non-hydrogen) atoms. The lowest BCUT2D eigenvalue weighted by Gasteiger charge is -2.04. The van der Waals surface area contributed by atoms with Crippen LogP contribution in [0.3, 0.4) is 0 Å². The van der Waals surface area contributed by atoms with Gasteiger partial charge in [-0.25, -0.2) is 9.48 Å². The lowest BCUT2D eigenvalue weighted by Crippen LogP contribution is -2.30. The van der Waals surface area contributed by atoms with Crippen LogP contribution < -0.4 is 5.32 Å². The number of benzene rings is 1. The van der Waals surface area contributed by atoms with Gasteiger partial charge >= 0.3 is 5.97 Å². The van der Waals surface area contributed by atoms with Gasteiger partial charge in [-0.05, 0) is 43.5 Å². The fourth-order valence-electron chi connectivity index (χ4n) is 2.46. The predicted molar refractivity (Wildman–Crippen MR) is 104 cm³/mol. The third-order valence-electron chi connectivity index (χ3n) is 4.03. The molecular formula is C19H19Cl2N3O3. The summed E-state index contributed by atoms with van der Waals surface area (Å²) in [7, 11) is 0. The summed E-state index contributed by atoms with van der Waals surface area (Å²) >= 11 is 12.3. The summed E-state index contributed by atoms with van der Waals surface area (Å²) in [5.41, 5.74) is 2.31. The highest BCUT2D eigenvalue weighted by Gasteiger charge is 2.23. The van der Waals surface area contributed by atoms with Crippen LogP contribution in [0.4, 0.5) is 0 Å². The SMILES string of the molecule is Cc1nn(Cc2ccc(Cl)cc2)c(Cl)c1/C=C/C(=O)OCC(=O)NC1CC1. The van der Waals surface area contributed by atoms with E-state index in [4.69, 9.17) is 27.9 Å². The summed E-state index contributed by atoms with van der Waals surface area (Å²) in [6.07, 6.45) is 4.76. The van der Waals surface area contributed by atoms with Gasteiger partial charge in [-0.3, -0.25) is 4.79 Å². The van der Waals surface area contributed by atoms with Crippen molar-refractivity contribution in [2.24, 2.45) is 0 Å². The van der Waals surface area contributed by atoms with Gasteiger partial charge < -0.3 is 10.1 Å². The van der Waals surface area contributed by atoms with E-state index in [0.29, 0.717) is 28.0 Å². The van der Waals surface area contributed by atoms with Crippen molar-refractivity contribution in [2.45, 2.75) is 32.4 Å². The van der Waals surface area contributed by atoms with E-state index < -0.39 is 5.97 Å². The molecule has 1 aliphatic carbocycles. The van der Waals surface area contributed by atoms with Gasteiger partial charge in [0, 0.05) is 22.7 Å². The van der Waals surface area contributed by atoms with Gasteiger partial charge in [-0.2, -0.15) is 5.10 Å². The minimum atomic E-state index is -0.609. The second-order valence-electron chi connectivity index (χ2n) is 6.36. The van der Waals surface area contributed by atoms with Crippen LogP contribution in [0, 0.1) is 6.92 Å². The normalized spacial score (nSPS) is 13.7. The third kappa shape index (κ3) is 5.58. The Morgan fingerprint density at radius 1 is 1.30 bits per heavy atom. The fraction of sp³-hybridized carbons (Fsp3) is 0.316. The number of ether oxygens (including phenoxy) is 1. The summed E-state index contributed by atoms with van der Waals surface area (Å²) < 4.78 is 6.57. The summed E-state index contributed by atoms with van der Waals surface area (Å²) in [5, 5.41) is 8.23. The van der Waals surface area contributed by atoms with Crippen molar-refractivity contribution in [3.63, 3.8) is 0 Å². The van der Waals surface area contributed by atoms with E-state index >= 15 is 0 Å². The quantitative estimate of drug-likeness (QED) is 0.563. The molecule has 1 aliphatic rings. The molecule has 0 radical (unpaired) electrons. The van der Waals surface area contributed by atoms with Gasteiger partial charge in [-0.15, -0.1) is 0 Å². The molecule has 1 amide bonds. The van der Waals surface area contributed by atoms with Crippen LogP contribution in [0.1, 0.15) is 29.7 Å². The van der Waals surface area contributed by atoms with Crippen LogP contribution >= 0.6 is 23.2 Å². The number of aryl methyl sites for hydroxylation is 1. The van der Waals surface area contributed by atoms with Crippen LogP contribution in [-0.4, -0.2) is 34.3 Å². The van der Waals surface area contributed by atoms with Crippen LogP contribution in [0.5, 0.6) is 0 Å². The van der Waals surface area contributed by atoms with Gasteiger partial charge in [0.25, 0.3) is 5.91 Å². The number of aromatic nitrogens is 2. The third-order valence-corrected chi connectivity index (χ3v) is 4.68. The molecule has 1 saturated carbocycles. The van der Waals surface area contributed by atoms with E-state index in [1.807, 2.05) is 12.1 Å². The predicted octanol–water partition coefficient (Wildman–Crippen LogP) is 3.38. The Balaban J connectivity index is 1.59. The Hall–Kier alpha value is -2.31. The molecule has 2 aromatic rings. The zero-order valence-corrected chi connectivity index (χ0v) is 16.3. The number of nitrogens with one attached hydrogen (secondary N) is 1. The van der Waals surface area contributed by atoms with Crippen molar-refractivity contribution in [1.82, 2.24) is 15.1 Å². The van der Waals surface area contributed by atoms with E-state index in [1.165, 1.54) is 6.08 Å². The first-order valence-corrected chi connectivity index (χ1v) is 9.29. The molecule has 0 unspecified atom stereocenters. The van der Waals surface area contributed by atoms with Gasteiger partial charge in [0.1, 0.15) is 5.15 Å². The maximum Gasteiger partial charge on any atom is 0.331 e. The Morgan fingerprint density at radius 2 is 2.00 bits per heavy atom. The van der Waals surface area contributed by atoms with Gasteiger partial charge in [-0.1, -0.05) is 35.3 Å². The molecular weight excluding hydrogens is 389 g/mol. The van der Waals surface area contributed by atoms with Crippen LogP contribution in [-0.2, 0) is 20.9 Å². The highest BCUT2D eigenvalue weighted by atomic mass is 35.5. The van der Waals surface area contributed by atoms with Crippen molar-refractivity contribution in [1.29, 1.82) is 0 Å². The zero-order chi connectivity index (χ0) is 19.4. The zero-order valence-electron chi connectivity index (χ0n) is 14.7. The minimum Gasteiger partial charge on any atom is -0.452 e. The van der Waals surface area contributed by atoms with Crippen molar-refractivity contribution < 1.29 is 14.3 Å². The highest BCUT2D eigenvalue weighted by molar-refractivity contribution is 6.31. The molecule has 0 spiro atoms. The smallest absolute Gasteiger partial charge is 0.331 e. The summed E-state index contributed by atoms with van der Waals surface area (Å²) in [6, 6.07) is 7.64. The molecule has 1 N–H and O–H groups in total. The molecule has 0 aliphatic heterocycles. The highest BCUT2D eigenvalue weighted by Crippen LogP contribution is 2.23. The number of hydrogen-bond acceptors (Lipinski definition) is 4. The van der Waals surface area contributed by atoms with Crippen molar-refractivity contribution >= 4 is 41.2 Å². The Bertz CT molecular complexity index is 871. The number of hydrogen-bond donors (Lipinski definition) is 1. The summed E-state index contributed by atoms with van der Waals surface area (Å²) in [5.74, 6) is -0.897. The molecule has 1 aromatic carbocycles. The first-order chi connectivity index (χ1) is 12.9. The Kier molecular flexibility index (Phi) is 6.19. The van der Waals surface area contributed by atoms with Crippen LogP contribution in [0.2, 0.25) is 10.2 Å². The lowest BCUT2D eigenvalue weighted by molar-refractivity contribution is -0.143. The second-order valence-corrected chi connectivity index (χ2v) is 7.15. The Morgan fingerprint density at radius 3 is 2.67 bits per heavy atom.